The quantitative estimate of drug-likeness (QED) is 0.399. The van der Waals surface area contributed by atoms with Gasteiger partial charge in [-0.3, -0.25) is 0 Å². The number of thioether (sulfide) groups is 1. The average Bonchev–Trinajstić information content (AvgIpc) is 2.57. The maximum absolute atomic E-state index is 12.1. The van der Waals surface area contributed by atoms with Crippen molar-refractivity contribution in [2.24, 2.45) is 0 Å². The normalized spacial score (nSPS) is 10.5. The first-order valence-electron chi connectivity index (χ1n) is 7.41. The van der Waals surface area contributed by atoms with Crippen molar-refractivity contribution < 1.29 is 13.5 Å². The number of halogens is 2. The van der Waals surface area contributed by atoms with Gasteiger partial charge in [0.2, 0.25) is 0 Å². The van der Waals surface area contributed by atoms with Gasteiger partial charge in [-0.25, -0.2) is 0 Å². The van der Waals surface area contributed by atoms with Crippen molar-refractivity contribution in [1.82, 2.24) is 5.32 Å². The molecule has 0 amide bonds. The molecule has 0 bridgehead atoms. The lowest BCUT2D eigenvalue weighted by atomic mass is 10.3. The van der Waals surface area contributed by atoms with Crippen LogP contribution in [0, 0.1) is 0 Å². The van der Waals surface area contributed by atoms with E-state index in [4.69, 9.17) is 12.2 Å². The molecule has 0 heterocycles. The Hall–Kier alpha value is -1.86. The van der Waals surface area contributed by atoms with Crippen molar-refractivity contribution in [3.8, 4) is 5.75 Å². The average molecular weight is 368 g/mol. The number of nitrogens with one attached hydrogen (secondary N) is 2. The summed E-state index contributed by atoms with van der Waals surface area (Å²) in [6.07, 6.45) is 0.975. The fourth-order valence-corrected chi connectivity index (χ4v) is 2.97. The summed E-state index contributed by atoms with van der Waals surface area (Å²) in [7, 11) is 0. The van der Waals surface area contributed by atoms with E-state index in [1.54, 1.807) is 23.9 Å². The summed E-state index contributed by atoms with van der Waals surface area (Å²) in [6, 6.07) is 16.4. The van der Waals surface area contributed by atoms with Crippen LogP contribution in [0.3, 0.4) is 0 Å². The van der Waals surface area contributed by atoms with Crippen molar-refractivity contribution >= 4 is 34.8 Å². The first-order valence-corrected chi connectivity index (χ1v) is 8.80. The molecular formula is C17H18F2N2OS2. The van der Waals surface area contributed by atoms with Crippen LogP contribution < -0.4 is 15.4 Å². The molecule has 0 spiro atoms. The van der Waals surface area contributed by atoms with Gasteiger partial charge < -0.3 is 15.4 Å². The molecule has 0 saturated heterocycles. The van der Waals surface area contributed by atoms with Gasteiger partial charge in [0, 0.05) is 17.1 Å². The van der Waals surface area contributed by atoms with Crippen LogP contribution >= 0.6 is 24.0 Å². The number of thiocarbonyl (C=S) groups is 1. The smallest absolute Gasteiger partial charge is 0.387 e. The Labute approximate surface area is 149 Å². The van der Waals surface area contributed by atoms with Gasteiger partial charge in [-0.05, 0) is 60.8 Å². The number of hydrogen-bond donors (Lipinski definition) is 2. The maximum atomic E-state index is 12.1. The van der Waals surface area contributed by atoms with Crippen molar-refractivity contribution in [3.05, 3.63) is 54.6 Å². The molecule has 0 unspecified atom stereocenters. The van der Waals surface area contributed by atoms with Crippen molar-refractivity contribution in [2.45, 2.75) is 17.9 Å². The van der Waals surface area contributed by atoms with Gasteiger partial charge in [-0.2, -0.15) is 8.78 Å². The summed E-state index contributed by atoms with van der Waals surface area (Å²) < 4.78 is 28.4. The molecule has 24 heavy (non-hydrogen) atoms. The molecule has 0 atom stereocenters. The zero-order chi connectivity index (χ0) is 17.2. The first-order chi connectivity index (χ1) is 11.6. The Morgan fingerprint density at radius 3 is 2.46 bits per heavy atom. The SMILES string of the molecule is FC(F)Oc1ccc(NC(=S)NCCCSc2ccccc2)cc1. The molecular weight excluding hydrogens is 350 g/mol. The van der Waals surface area contributed by atoms with Gasteiger partial charge in [0.25, 0.3) is 0 Å². The summed E-state index contributed by atoms with van der Waals surface area (Å²) in [5.41, 5.74) is 0.716. The summed E-state index contributed by atoms with van der Waals surface area (Å²) >= 11 is 7.01. The monoisotopic (exact) mass is 368 g/mol. The van der Waals surface area contributed by atoms with Gasteiger partial charge in [-0.1, -0.05) is 18.2 Å². The predicted octanol–water partition coefficient (Wildman–Crippen LogP) is 4.76. The largest absolute Gasteiger partial charge is 0.435 e. The van der Waals surface area contributed by atoms with Crippen molar-refractivity contribution in [1.29, 1.82) is 0 Å². The van der Waals surface area contributed by atoms with E-state index < -0.39 is 6.61 Å². The Kier molecular flexibility index (Phi) is 7.77. The summed E-state index contributed by atoms with van der Waals surface area (Å²) in [5.74, 6) is 1.12. The van der Waals surface area contributed by atoms with E-state index in [-0.39, 0.29) is 5.75 Å². The third kappa shape index (κ3) is 7.14. The second-order valence-electron chi connectivity index (χ2n) is 4.80. The topological polar surface area (TPSA) is 33.3 Å². The number of benzene rings is 2. The number of alkyl halides is 2. The predicted molar refractivity (Wildman–Crippen MR) is 99.1 cm³/mol. The molecule has 0 aliphatic rings. The van der Waals surface area contributed by atoms with Gasteiger partial charge in [0.1, 0.15) is 5.75 Å². The highest BCUT2D eigenvalue weighted by molar-refractivity contribution is 7.99. The minimum absolute atomic E-state index is 0.118. The molecule has 2 aromatic carbocycles. The minimum Gasteiger partial charge on any atom is -0.435 e. The van der Waals surface area contributed by atoms with E-state index in [2.05, 4.69) is 27.5 Å². The van der Waals surface area contributed by atoms with E-state index in [0.29, 0.717) is 10.8 Å². The molecule has 0 aromatic heterocycles. The molecule has 7 heteroatoms. The molecule has 0 saturated carbocycles. The van der Waals surface area contributed by atoms with Gasteiger partial charge in [0.15, 0.2) is 5.11 Å². The summed E-state index contributed by atoms with van der Waals surface area (Å²) in [6.45, 7) is -2.06. The lowest BCUT2D eigenvalue weighted by molar-refractivity contribution is -0.0498. The van der Waals surface area contributed by atoms with Crippen molar-refractivity contribution in [2.75, 3.05) is 17.6 Å². The van der Waals surface area contributed by atoms with E-state index in [9.17, 15) is 8.78 Å². The number of anilines is 1. The van der Waals surface area contributed by atoms with Crippen LogP contribution in [0.5, 0.6) is 5.75 Å². The van der Waals surface area contributed by atoms with E-state index in [1.165, 1.54) is 17.0 Å². The Morgan fingerprint density at radius 1 is 1.08 bits per heavy atom. The third-order valence-corrected chi connectivity index (χ3v) is 4.30. The zero-order valence-electron chi connectivity index (χ0n) is 12.9. The Morgan fingerprint density at radius 2 is 1.79 bits per heavy atom. The standard InChI is InChI=1S/C17H18F2N2OS2/c18-16(19)22-14-9-7-13(8-10-14)21-17(23)20-11-4-12-24-15-5-2-1-3-6-15/h1-3,5-10,16H,4,11-12H2,(H2,20,21,23). The Bertz CT molecular complexity index is 624. The first kappa shape index (κ1) is 18.5. The molecule has 2 aromatic rings. The number of hydrogen-bond acceptors (Lipinski definition) is 3. The van der Waals surface area contributed by atoms with E-state index in [1.807, 2.05) is 18.2 Å². The third-order valence-electron chi connectivity index (χ3n) is 2.96. The van der Waals surface area contributed by atoms with Crippen LogP contribution in [-0.2, 0) is 0 Å². The fourth-order valence-electron chi connectivity index (χ4n) is 1.88. The molecule has 2 N–H and O–H groups in total. The van der Waals surface area contributed by atoms with Crippen molar-refractivity contribution in [3.63, 3.8) is 0 Å². The maximum Gasteiger partial charge on any atom is 0.387 e. The lowest BCUT2D eigenvalue weighted by Gasteiger charge is -2.11. The molecule has 2 rings (SSSR count). The molecule has 128 valence electrons. The number of ether oxygens (including phenoxy) is 1. The van der Waals surface area contributed by atoms with Gasteiger partial charge in [0.05, 0.1) is 0 Å². The second-order valence-corrected chi connectivity index (χ2v) is 6.38. The molecule has 3 nitrogen and oxygen atoms in total. The van der Waals surface area contributed by atoms with Crippen LogP contribution in [0.4, 0.5) is 14.5 Å². The summed E-state index contributed by atoms with van der Waals surface area (Å²) in [4.78, 5) is 1.25. The molecule has 0 fully saturated rings. The highest BCUT2D eigenvalue weighted by atomic mass is 32.2. The van der Waals surface area contributed by atoms with E-state index in [0.717, 1.165) is 18.7 Å². The fraction of sp³-hybridized carbons (Fsp3) is 0.235. The van der Waals surface area contributed by atoms with E-state index >= 15 is 0 Å². The van der Waals surface area contributed by atoms with Gasteiger partial charge >= 0.3 is 6.61 Å². The molecule has 0 radical (unpaired) electrons. The van der Waals surface area contributed by atoms with Crippen LogP contribution in [-0.4, -0.2) is 24.0 Å². The molecule has 0 aliphatic heterocycles. The minimum atomic E-state index is -2.82. The van der Waals surface area contributed by atoms with Crippen LogP contribution in [0.1, 0.15) is 6.42 Å². The highest BCUT2D eigenvalue weighted by Crippen LogP contribution is 2.18. The van der Waals surface area contributed by atoms with Crippen LogP contribution in [0.2, 0.25) is 0 Å². The zero-order valence-corrected chi connectivity index (χ0v) is 14.5. The lowest BCUT2D eigenvalue weighted by Crippen LogP contribution is -2.29. The van der Waals surface area contributed by atoms with Crippen LogP contribution in [0.15, 0.2) is 59.5 Å². The molecule has 0 aliphatic carbocycles. The number of rotatable bonds is 8. The Balaban J connectivity index is 1.62. The van der Waals surface area contributed by atoms with Crippen LogP contribution in [0.25, 0.3) is 0 Å². The highest BCUT2D eigenvalue weighted by Gasteiger charge is 2.04. The second kappa shape index (κ2) is 10.1. The summed E-state index contributed by atoms with van der Waals surface area (Å²) in [5, 5.41) is 6.62. The van der Waals surface area contributed by atoms with Gasteiger partial charge in [-0.15, -0.1) is 11.8 Å².